The Labute approximate surface area is 155 Å². The van der Waals surface area contributed by atoms with Crippen LogP contribution in [-0.2, 0) is 11.3 Å². The number of aliphatic hydroxyl groups is 1. The van der Waals surface area contributed by atoms with Crippen LogP contribution in [0.25, 0.3) is 0 Å². The van der Waals surface area contributed by atoms with Gasteiger partial charge in [0.15, 0.2) is 0 Å². The first-order chi connectivity index (χ1) is 12.9. The van der Waals surface area contributed by atoms with Crippen LogP contribution in [0, 0.1) is 11.6 Å². The number of nitrogens with one attached hydrogen (secondary N) is 1. The highest BCUT2D eigenvalue weighted by atomic mass is 19.1. The normalized spacial score (nSPS) is 16.6. The summed E-state index contributed by atoms with van der Waals surface area (Å²) in [6.07, 6.45) is -0.877. The molecule has 8 heteroatoms. The summed E-state index contributed by atoms with van der Waals surface area (Å²) >= 11 is 0. The Kier molecular flexibility index (Phi) is 5.57. The number of nitrogens with zero attached hydrogens (tertiary/aromatic N) is 1. The molecule has 1 atom stereocenters. The fraction of sp³-hybridized carbons (Fsp3) is 0.316. The van der Waals surface area contributed by atoms with Crippen LogP contribution in [-0.4, -0.2) is 43.2 Å². The Morgan fingerprint density at radius 1 is 1.22 bits per heavy atom. The molecule has 1 unspecified atom stereocenters. The van der Waals surface area contributed by atoms with E-state index in [1.165, 1.54) is 14.2 Å². The van der Waals surface area contributed by atoms with Crippen molar-refractivity contribution in [3.8, 4) is 11.5 Å². The number of hydrogen-bond acceptors (Lipinski definition) is 5. The molecule has 2 N–H and O–H groups in total. The molecule has 0 spiro atoms. The van der Waals surface area contributed by atoms with Gasteiger partial charge in [-0.15, -0.1) is 0 Å². The Hall–Kier alpha value is -2.71. The van der Waals surface area contributed by atoms with E-state index < -0.39 is 23.6 Å². The topological polar surface area (TPSA) is 71.0 Å². The van der Waals surface area contributed by atoms with Gasteiger partial charge in [-0.25, -0.2) is 8.78 Å². The van der Waals surface area contributed by atoms with E-state index in [-0.39, 0.29) is 18.8 Å². The second kappa shape index (κ2) is 7.89. The van der Waals surface area contributed by atoms with Gasteiger partial charge in [0.05, 0.1) is 32.6 Å². The molecular formula is C19H20F2N2O4. The zero-order valence-corrected chi connectivity index (χ0v) is 15.0. The number of carbonyl (C=O) groups is 1. The monoisotopic (exact) mass is 378 g/mol. The van der Waals surface area contributed by atoms with Crippen LogP contribution in [0.3, 0.4) is 0 Å². The van der Waals surface area contributed by atoms with Crippen molar-refractivity contribution in [3.05, 3.63) is 53.1 Å². The number of carbonyl (C=O) groups excluding carboxylic acids is 1. The molecule has 6 nitrogen and oxygen atoms in total. The number of amides is 1. The molecule has 0 radical (unpaired) electrons. The summed E-state index contributed by atoms with van der Waals surface area (Å²) in [6.45, 7) is 0.425. The second-order valence-corrected chi connectivity index (χ2v) is 6.22. The van der Waals surface area contributed by atoms with Gasteiger partial charge in [0.2, 0.25) is 5.91 Å². The molecular weight excluding hydrogens is 358 g/mol. The Morgan fingerprint density at radius 2 is 1.93 bits per heavy atom. The van der Waals surface area contributed by atoms with Crippen LogP contribution in [0.15, 0.2) is 30.3 Å². The van der Waals surface area contributed by atoms with Crippen LogP contribution in [0.1, 0.15) is 17.2 Å². The number of benzene rings is 2. The van der Waals surface area contributed by atoms with Gasteiger partial charge < -0.3 is 19.9 Å². The van der Waals surface area contributed by atoms with Gasteiger partial charge in [0.25, 0.3) is 0 Å². The van der Waals surface area contributed by atoms with Gasteiger partial charge in [-0.1, -0.05) is 0 Å². The maximum Gasteiger partial charge on any atom is 0.238 e. The molecule has 1 aliphatic rings. The number of fused-ring (bicyclic) bond motifs is 1. The van der Waals surface area contributed by atoms with Gasteiger partial charge in [-0.2, -0.15) is 0 Å². The van der Waals surface area contributed by atoms with E-state index >= 15 is 0 Å². The largest absolute Gasteiger partial charge is 0.496 e. The second-order valence-electron chi connectivity index (χ2n) is 6.22. The van der Waals surface area contributed by atoms with Crippen LogP contribution >= 0.6 is 0 Å². The Balaban J connectivity index is 1.76. The number of anilines is 1. The van der Waals surface area contributed by atoms with Crippen molar-refractivity contribution in [2.75, 3.05) is 32.6 Å². The molecule has 1 aliphatic heterocycles. The lowest BCUT2D eigenvalue weighted by molar-refractivity contribution is -0.118. The lowest BCUT2D eigenvalue weighted by Gasteiger charge is -2.33. The minimum absolute atomic E-state index is 0.104. The average molecular weight is 378 g/mol. The number of rotatable bonds is 5. The molecule has 0 saturated heterocycles. The standard InChI is InChI=1S/C19H20F2N2O4/c1-26-16-5-6-17(27-2)19-12(16)8-23(9-15(19)24)10-18(25)22-14-7-11(20)3-4-13(14)21/h3-7,15,24H,8-10H2,1-2H3,(H,22,25). The fourth-order valence-electron chi connectivity index (χ4n) is 3.25. The van der Waals surface area contributed by atoms with E-state index in [1.54, 1.807) is 17.0 Å². The lowest BCUT2D eigenvalue weighted by atomic mass is 9.95. The van der Waals surface area contributed by atoms with E-state index in [9.17, 15) is 18.7 Å². The summed E-state index contributed by atoms with van der Waals surface area (Å²) in [5.41, 5.74) is 1.13. The summed E-state index contributed by atoms with van der Waals surface area (Å²) in [5, 5.41) is 12.9. The number of hydrogen-bond donors (Lipinski definition) is 2. The third-order valence-electron chi connectivity index (χ3n) is 4.43. The highest BCUT2D eigenvalue weighted by Crippen LogP contribution is 2.39. The zero-order chi connectivity index (χ0) is 19.6. The fourth-order valence-corrected chi connectivity index (χ4v) is 3.25. The number of β-amino-alcohol motifs (C(OH)–C–C–N with tert-alkyl or cyclic N) is 1. The number of ether oxygens (including phenoxy) is 2. The predicted molar refractivity (Wildman–Crippen MR) is 94.8 cm³/mol. The van der Waals surface area contributed by atoms with Crippen LogP contribution < -0.4 is 14.8 Å². The molecule has 0 aliphatic carbocycles. The first kappa shape index (κ1) is 19.1. The number of halogens is 2. The molecule has 0 saturated carbocycles. The summed E-state index contributed by atoms with van der Waals surface area (Å²) in [6, 6.07) is 6.29. The minimum atomic E-state index is -0.877. The quantitative estimate of drug-likeness (QED) is 0.837. The molecule has 2 aromatic rings. The van der Waals surface area contributed by atoms with Crippen LogP contribution in [0.4, 0.5) is 14.5 Å². The molecule has 144 valence electrons. The van der Waals surface area contributed by atoms with Crippen LogP contribution in [0.2, 0.25) is 0 Å². The van der Waals surface area contributed by atoms with Gasteiger partial charge >= 0.3 is 0 Å². The van der Waals surface area contributed by atoms with Gasteiger partial charge in [-0.3, -0.25) is 9.69 Å². The first-order valence-electron chi connectivity index (χ1n) is 8.32. The number of methoxy groups -OCH3 is 2. The van der Waals surface area contributed by atoms with E-state index in [4.69, 9.17) is 9.47 Å². The summed E-state index contributed by atoms with van der Waals surface area (Å²) in [7, 11) is 3.04. The van der Waals surface area contributed by atoms with Crippen molar-refractivity contribution in [2.45, 2.75) is 12.6 Å². The first-order valence-corrected chi connectivity index (χ1v) is 8.32. The Bertz CT molecular complexity index is 860. The highest BCUT2D eigenvalue weighted by molar-refractivity contribution is 5.92. The smallest absolute Gasteiger partial charge is 0.238 e. The van der Waals surface area contributed by atoms with E-state index in [0.29, 0.717) is 23.6 Å². The van der Waals surface area contributed by atoms with Crippen molar-refractivity contribution in [2.24, 2.45) is 0 Å². The number of aliphatic hydroxyl groups excluding tert-OH is 1. The highest BCUT2D eigenvalue weighted by Gasteiger charge is 2.30. The van der Waals surface area contributed by atoms with Gasteiger partial charge in [0, 0.05) is 30.3 Å². The zero-order valence-electron chi connectivity index (χ0n) is 15.0. The minimum Gasteiger partial charge on any atom is -0.496 e. The van der Waals surface area contributed by atoms with Gasteiger partial charge in [0.1, 0.15) is 23.1 Å². The molecule has 0 fully saturated rings. The molecule has 1 amide bonds. The van der Waals surface area contributed by atoms with Crippen molar-refractivity contribution >= 4 is 11.6 Å². The molecule has 1 heterocycles. The van der Waals surface area contributed by atoms with Crippen LogP contribution in [0.5, 0.6) is 11.5 Å². The Morgan fingerprint density at radius 3 is 2.63 bits per heavy atom. The molecule has 0 bridgehead atoms. The van der Waals surface area contributed by atoms with E-state index in [0.717, 1.165) is 23.8 Å². The van der Waals surface area contributed by atoms with E-state index in [2.05, 4.69) is 5.32 Å². The van der Waals surface area contributed by atoms with Crippen molar-refractivity contribution in [3.63, 3.8) is 0 Å². The third kappa shape index (κ3) is 4.01. The molecule has 3 rings (SSSR count). The summed E-state index contributed by atoms with van der Waals surface area (Å²) < 4.78 is 37.6. The van der Waals surface area contributed by atoms with Crippen molar-refractivity contribution in [1.29, 1.82) is 0 Å². The van der Waals surface area contributed by atoms with Crippen molar-refractivity contribution in [1.82, 2.24) is 4.90 Å². The molecule has 27 heavy (non-hydrogen) atoms. The molecule has 2 aromatic carbocycles. The average Bonchev–Trinajstić information content (AvgIpc) is 2.63. The SMILES string of the molecule is COc1ccc(OC)c2c1CN(CC(=O)Nc1cc(F)ccc1F)CC2O. The molecule has 0 aromatic heterocycles. The van der Waals surface area contributed by atoms with Crippen molar-refractivity contribution < 1.29 is 28.2 Å². The lowest BCUT2D eigenvalue weighted by Crippen LogP contribution is -2.39. The summed E-state index contributed by atoms with van der Waals surface area (Å²) in [5.74, 6) is -0.765. The maximum absolute atomic E-state index is 13.7. The third-order valence-corrected chi connectivity index (χ3v) is 4.43. The van der Waals surface area contributed by atoms with E-state index in [1.807, 2.05) is 0 Å². The predicted octanol–water partition coefficient (Wildman–Crippen LogP) is 2.47. The summed E-state index contributed by atoms with van der Waals surface area (Å²) in [4.78, 5) is 14.0. The maximum atomic E-state index is 13.7. The van der Waals surface area contributed by atoms with Gasteiger partial charge in [-0.05, 0) is 24.3 Å².